The standard InChI is InChI=1S/C16H23NO/c1-12(2)18-15-7-5-6-14(10-15)16-8-9-17(4)11-13(16)3/h5-8,10,12-13H,9,11H2,1-4H3. The maximum atomic E-state index is 5.76. The van der Waals surface area contributed by atoms with Gasteiger partial charge in [0.2, 0.25) is 0 Å². The van der Waals surface area contributed by atoms with Crippen molar-refractivity contribution in [1.29, 1.82) is 0 Å². The van der Waals surface area contributed by atoms with E-state index in [1.807, 2.05) is 6.07 Å². The largest absolute Gasteiger partial charge is 0.491 e. The first-order chi connectivity index (χ1) is 8.56. The smallest absolute Gasteiger partial charge is 0.120 e. The first-order valence-electron chi connectivity index (χ1n) is 6.72. The Kier molecular flexibility index (Phi) is 4.07. The molecule has 0 aliphatic carbocycles. The minimum absolute atomic E-state index is 0.226. The number of rotatable bonds is 3. The van der Waals surface area contributed by atoms with E-state index >= 15 is 0 Å². The lowest BCUT2D eigenvalue weighted by Gasteiger charge is -2.28. The minimum atomic E-state index is 0.226. The van der Waals surface area contributed by atoms with Crippen LogP contribution in [0.4, 0.5) is 0 Å². The van der Waals surface area contributed by atoms with Gasteiger partial charge < -0.3 is 9.64 Å². The number of ether oxygens (including phenoxy) is 1. The van der Waals surface area contributed by atoms with E-state index in [1.165, 1.54) is 11.1 Å². The molecule has 1 heterocycles. The van der Waals surface area contributed by atoms with Gasteiger partial charge in [-0.05, 0) is 50.1 Å². The topological polar surface area (TPSA) is 12.5 Å². The summed E-state index contributed by atoms with van der Waals surface area (Å²) in [5.74, 6) is 1.55. The molecule has 0 N–H and O–H groups in total. The van der Waals surface area contributed by atoms with E-state index in [9.17, 15) is 0 Å². The molecule has 0 fully saturated rings. The summed E-state index contributed by atoms with van der Waals surface area (Å²) < 4.78 is 5.76. The highest BCUT2D eigenvalue weighted by Gasteiger charge is 2.17. The summed E-state index contributed by atoms with van der Waals surface area (Å²) in [6.45, 7) is 8.57. The lowest BCUT2D eigenvalue weighted by Crippen LogP contribution is -2.29. The van der Waals surface area contributed by atoms with Gasteiger partial charge in [0, 0.05) is 13.1 Å². The number of nitrogens with zero attached hydrogens (tertiary/aromatic N) is 1. The van der Waals surface area contributed by atoms with Crippen molar-refractivity contribution in [2.45, 2.75) is 26.9 Å². The van der Waals surface area contributed by atoms with Crippen molar-refractivity contribution in [2.24, 2.45) is 5.92 Å². The summed E-state index contributed by atoms with van der Waals surface area (Å²) in [6.07, 6.45) is 2.56. The molecule has 0 saturated carbocycles. The van der Waals surface area contributed by atoms with Crippen LogP contribution in [0, 0.1) is 5.92 Å². The Hall–Kier alpha value is -1.28. The highest BCUT2D eigenvalue weighted by atomic mass is 16.5. The van der Waals surface area contributed by atoms with E-state index < -0.39 is 0 Å². The molecule has 0 saturated heterocycles. The molecule has 0 aromatic heterocycles. The monoisotopic (exact) mass is 245 g/mol. The molecule has 0 amide bonds. The van der Waals surface area contributed by atoms with Crippen LogP contribution < -0.4 is 4.74 Å². The fourth-order valence-electron chi connectivity index (χ4n) is 2.52. The predicted octanol–water partition coefficient (Wildman–Crippen LogP) is 3.44. The molecule has 1 unspecified atom stereocenters. The predicted molar refractivity (Wildman–Crippen MR) is 76.8 cm³/mol. The van der Waals surface area contributed by atoms with E-state index in [4.69, 9.17) is 4.74 Å². The van der Waals surface area contributed by atoms with Crippen LogP contribution in [0.5, 0.6) is 5.75 Å². The van der Waals surface area contributed by atoms with Crippen molar-refractivity contribution in [1.82, 2.24) is 4.90 Å². The second-order valence-corrected chi connectivity index (χ2v) is 5.48. The molecular formula is C16H23NO. The Bertz CT molecular complexity index is 436. The van der Waals surface area contributed by atoms with Gasteiger partial charge in [0.15, 0.2) is 0 Å². The average molecular weight is 245 g/mol. The molecule has 0 spiro atoms. The zero-order valence-corrected chi connectivity index (χ0v) is 11.8. The van der Waals surface area contributed by atoms with Gasteiger partial charge in [-0.25, -0.2) is 0 Å². The molecule has 2 rings (SSSR count). The molecule has 18 heavy (non-hydrogen) atoms. The lowest BCUT2D eigenvalue weighted by molar-refractivity contribution is 0.242. The summed E-state index contributed by atoms with van der Waals surface area (Å²) in [6, 6.07) is 8.46. The number of likely N-dealkylation sites (N-methyl/N-ethyl adjacent to an activating group) is 1. The maximum Gasteiger partial charge on any atom is 0.120 e. The van der Waals surface area contributed by atoms with E-state index in [1.54, 1.807) is 0 Å². The van der Waals surface area contributed by atoms with E-state index in [-0.39, 0.29) is 6.10 Å². The molecule has 1 aromatic rings. The van der Waals surface area contributed by atoms with Gasteiger partial charge in [0.25, 0.3) is 0 Å². The highest BCUT2D eigenvalue weighted by molar-refractivity contribution is 5.69. The molecule has 1 aromatic carbocycles. The van der Waals surface area contributed by atoms with Crippen molar-refractivity contribution >= 4 is 5.57 Å². The van der Waals surface area contributed by atoms with Gasteiger partial charge in [-0.3, -0.25) is 0 Å². The SMILES string of the molecule is CC(C)Oc1cccc(C2=CCN(C)CC2C)c1. The second kappa shape index (κ2) is 5.57. The summed E-state index contributed by atoms with van der Waals surface area (Å²) in [7, 11) is 2.17. The minimum Gasteiger partial charge on any atom is -0.491 e. The van der Waals surface area contributed by atoms with E-state index in [2.05, 4.69) is 57.0 Å². The normalized spacial score (nSPS) is 20.9. The molecule has 1 aliphatic rings. The lowest BCUT2D eigenvalue weighted by atomic mass is 9.90. The van der Waals surface area contributed by atoms with E-state index in [0.29, 0.717) is 5.92 Å². The first-order valence-corrected chi connectivity index (χ1v) is 6.72. The van der Waals surface area contributed by atoms with Gasteiger partial charge in [-0.2, -0.15) is 0 Å². The fraction of sp³-hybridized carbons (Fsp3) is 0.500. The van der Waals surface area contributed by atoms with Crippen LogP contribution >= 0.6 is 0 Å². The van der Waals surface area contributed by atoms with Crippen LogP contribution in [0.1, 0.15) is 26.3 Å². The summed E-state index contributed by atoms with van der Waals surface area (Å²) in [4.78, 5) is 2.35. The van der Waals surface area contributed by atoms with Crippen LogP contribution in [0.15, 0.2) is 30.3 Å². The van der Waals surface area contributed by atoms with E-state index in [0.717, 1.165) is 18.8 Å². The molecule has 1 atom stereocenters. The number of hydrogen-bond acceptors (Lipinski definition) is 2. The molecular weight excluding hydrogens is 222 g/mol. The third-order valence-corrected chi connectivity index (χ3v) is 3.28. The molecule has 2 heteroatoms. The van der Waals surface area contributed by atoms with Crippen LogP contribution in [0.2, 0.25) is 0 Å². The average Bonchev–Trinajstić information content (AvgIpc) is 2.28. The zero-order valence-electron chi connectivity index (χ0n) is 11.8. The molecule has 0 radical (unpaired) electrons. The summed E-state index contributed by atoms with van der Waals surface area (Å²) in [5.41, 5.74) is 2.75. The Morgan fingerprint density at radius 3 is 2.78 bits per heavy atom. The summed E-state index contributed by atoms with van der Waals surface area (Å²) in [5, 5.41) is 0. The molecule has 1 aliphatic heterocycles. The Labute approximate surface area is 110 Å². The van der Waals surface area contributed by atoms with Gasteiger partial charge in [-0.1, -0.05) is 25.1 Å². The van der Waals surface area contributed by atoms with Crippen molar-refractivity contribution in [3.05, 3.63) is 35.9 Å². The van der Waals surface area contributed by atoms with Crippen molar-refractivity contribution in [2.75, 3.05) is 20.1 Å². The molecule has 98 valence electrons. The quantitative estimate of drug-likeness (QED) is 0.809. The fourth-order valence-corrected chi connectivity index (χ4v) is 2.52. The van der Waals surface area contributed by atoms with Crippen LogP contribution in [0.3, 0.4) is 0 Å². The second-order valence-electron chi connectivity index (χ2n) is 5.48. The first kappa shape index (κ1) is 13.2. The number of benzene rings is 1. The van der Waals surface area contributed by atoms with Crippen LogP contribution in [-0.2, 0) is 0 Å². The van der Waals surface area contributed by atoms with Crippen LogP contribution in [-0.4, -0.2) is 31.1 Å². The van der Waals surface area contributed by atoms with Gasteiger partial charge in [-0.15, -0.1) is 0 Å². The zero-order chi connectivity index (χ0) is 13.1. The third-order valence-electron chi connectivity index (χ3n) is 3.28. The van der Waals surface area contributed by atoms with Gasteiger partial charge >= 0.3 is 0 Å². The maximum absolute atomic E-state index is 5.76. The number of hydrogen-bond donors (Lipinski definition) is 0. The molecule has 2 nitrogen and oxygen atoms in total. The Morgan fingerprint density at radius 2 is 2.11 bits per heavy atom. The van der Waals surface area contributed by atoms with Crippen LogP contribution in [0.25, 0.3) is 5.57 Å². The van der Waals surface area contributed by atoms with Gasteiger partial charge in [0.1, 0.15) is 5.75 Å². The third kappa shape index (κ3) is 3.14. The molecule has 0 bridgehead atoms. The highest BCUT2D eigenvalue weighted by Crippen LogP contribution is 2.29. The Morgan fingerprint density at radius 1 is 1.33 bits per heavy atom. The Balaban J connectivity index is 2.23. The van der Waals surface area contributed by atoms with Crippen molar-refractivity contribution in [3.63, 3.8) is 0 Å². The summed E-state index contributed by atoms with van der Waals surface area (Å²) >= 11 is 0. The van der Waals surface area contributed by atoms with Gasteiger partial charge in [0.05, 0.1) is 6.10 Å². The van der Waals surface area contributed by atoms with Crippen molar-refractivity contribution < 1.29 is 4.74 Å². The van der Waals surface area contributed by atoms with Crippen molar-refractivity contribution in [3.8, 4) is 5.75 Å².